The second kappa shape index (κ2) is 15.3. The highest BCUT2D eigenvalue weighted by atomic mass is 35.5. The van der Waals surface area contributed by atoms with Crippen molar-refractivity contribution in [1.29, 1.82) is 0 Å². The summed E-state index contributed by atoms with van der Waals surface area (Å²) in [4.78, 5) is 23.2. The zero-order valence-corrected chi connectivity index (χ0v) is 29.8. The van der Waals surface area contributed by atoms with Crippen molar-refractivity contribution in [2.24, 2.45) is 14.1 Å². The van der Waals surface area contributed by atoms with E-state index >= 15 is 0 Å². The molecule has 0 spiro atoms. The zero-order chi connectivity index (χ0) is 34.5. The molecule has 5 rings (SSSR count). The molecule has 0 aliphatic heterocycles. The molecule has 0 aliphatic rings. The number of anilines is 1. The summed E-state index contributed by atoms with van der Waals surface area (Å²) in [7, 11) is 3.78. The zero-order valence-electron chi connectivity index (χ0n) is 28.3. The maximum Gasteiger partial charge on any atom is 0.207 e. The van der Waals surface area contributed by atoms with Gasteiger partial charge in [-0.05, 0) is 99.4 Å². The van der Waals surface area contributed by atoms with Crippen LogP contribution in [0.1, 0.15) is 62.9 Å². The molecule has 0 radical (unpaired) electrons. The van der Waals surface area contributed by atoms with E-state index in [9.17, 15) is 9.59 Å². The van der Waals surface area contributed by atoms with Gasteiger partial charge in [0.15, 0.2) is 6.29 Å². The number of hydrogen-bond donors (Lipinski definition) is 2. The molecule has 9 nitrogen and oxygen atoms in total. The van der Waals surface area contributed by atoms with E-state index in [4.69, 9.17) is 27.9 Å². The average molecular weight is 690 g/mol. The number of aryl methyl sites for hydroxylation is 5. The summed E-state index contributed by atoms with van der Waals surface area (Å²) in [5, 5.41) is 17.8. The molecule has 1 atom stereocenters. The van der Waals surface area contributed by atoms with Gasteiger partial charge in [-0.2, -0.15) is 10.2 Å². The highest BCUT2D eigenvalue weighted by Gasteiger charge is 2.26. The number of amides is 1. The minimum Gasteiger partial charge on any atom is -0.494 e. The summed E-state index contributed by atoms with van der Waals surface area (Å²) in [6.45, 7) is 9.44. The number of hydrogen-bond acceptors (Lipinski definition) is 6. The summed E-state index contributed by atoms with van der Waals surface area (Å²) in [6, 6.07) is 14.1. The standard InChI is InChI=1S/C37H42Cl2N6O3/c1-22-17-28(18-23(2)36(22)39)48-16-8-10-26(19-27-9-7-11-32-34(27)31(20-46)43-45(32)6)29-12-13-30(38)35(37(29)41-15-14-40-21-47)33-24(3)42-44(5)25(33)4/h7,9,11-13,17-18,20-21,26,41H,8,10,14-16,19H2,1-6H3,(H,40,47). The normalized spacial score (nSPS) is 11.9. The van der Waals surface area contributed by atoms with Gasteiger partial charge >= 0.3 is 0 Å². The first kappa shape index (κ1) is 35.0. The Morgan fingerprint density at radius 2 is 1.69 bits per heavy atom. The van der Waals surface area contributed by atoms with E-state index in [2.05, 4.69) is 33.0 Å². The summed E-state index contributed by atoms with van der Waals surface area (Å²) in [5.74, 6) is 0.797. The topological polar surface area (TPSA) is 103 Å². The van der Waals surface area contributed by atoms with Crippen molar-refractivity contribution in [1.82, 2.24) is 24.9 Å². The largest absolute Gasteiger partial charge is 0.494 e. The first-order valence-electron chi connectivity index (χ1n) is 16.1. The van der Waals surface area contributed by atoms with Gasteiger partial charge in [-0.3, -0.25) is 19.0 Å². The predicted molar refractivity (Wildman–Crippen MR) is 194 cm³/mol. The van der Waals surface area contributed by atoms with Crippen molar-refractivity contribution < 1.29 is 14.3 Å². The molecule has 2 N–H and O–H groups in total. The minimum atomic E-state index is 0.00225. The van der Waals surface area contributed by atoms with E-state index in [-0.39, 0.29) is 5.92 Å². The number of carbonyl (C=O) groups excluding carboxylic acids is 2. The number of ether oxygens (including phenoxy) is 1. The van der Waals surface area contributed by atoms with Crippen molar-refractivity contribution in [2.75, 3.05) is 25.0 Å². The summed E-state index contributed by atoms with van der Waals surface area (Å²) >= 11 is 13.4. The van der Waals surface area contributed by atoms with Crippen molar-refractivity contribution >= 4 is 52.5 Å². The van der Waals surface area contributed by atoms with Gasteiger partial charge in [0.1, 0.15) is 11.4 Å². The van der Waals surface area contributed by atoms with Gasteiger partial charge in [0.25, 0.3) is 0 Å². The summed E-state index contributed by atoms with van der Waals surface area (Å²) < 4.78 is 9.85. The van der Waals surface area contributed by atoms with Crippen LogP contribution in [-0.2, 0) is 25.3 Å². The number of carbonyl (C=O) groups is 2. The van der Waals surface area contributed by atoms with Gasteiger partial charge < -0.3 is 15.4 Å². The van der Waals surface area contributed by atoms with Crippen LogP contribution in [0.2, 0.25) is 10.0 Å². The Morgan fingerprint density at radius 1 is 0.938 bits per heavy atom. The molecule has 2 heterocycles. The number of fused-ring (bicyclic) bond motifs is 1. The Morgan fingerprint density at radius 3 is 2.35 bits per heavy atom. The van der Waals surface area contributed by atoms with E-state index in [0.29, 0.717) is 43.2 Å². The number of halogens is 2. The quantitative estimate of drug-likeness (QED) is 0.0864. The van der Waals surface area contributed by atoms with Gasteiger partial charge in [-0.25, -0.2) is 0 Å². The average Bonchev–Trinajstić information content (AvgIpc) is 3.53. The molecule has 2 aromatic heterocycles. The molecule has 0 aliphatic carbocycles. The molecule has 3 aromatic carbocycles. The Hall–Kier alpha value is -4.34. The molecular formula is C37H42Cl2N6O3. The number of nitrogens with one attached hydrogen (secondary N) is 2. The Labute approximate surface area is 291 Å². The predicted octanol–water partition coefficient (Wildman–Crippen LogP) is 7.67. The van der Waals surface area contributed by atoms with Crippen LogP contribution in [-0.4, -0.2) is 52.0 Å². The highest BCUT2D eigenvalue weighted by Crippen LogP contribution is 2.44. The first-order chi connectivity index (χ1) is 23.0. The van der Waals surface area contributed by atoms with Crippen LogP contribution in [0.25, 0.3) is 22.0 Å². The molecule has 48 heavy (non-hydrogen) atoms. The lowest BCUT2D eigenvalue weighted by Gasteiger charge is -2.25. The van der Waals surface area contributed by atoms with E-state index in [1.54, 1.807) is 4.68 Å². The molecule has 1 unspecified atom stereocenters. The molecule has 5 aromatic rings. The van der Waals surface area contributed by atoms with Crippen LogP contribution in [0.5, 0.6) is 5.75 Å². The van der Waals surface area contributed by atoms with Crippen LogP contribution in [0, 0.1) is 27.7 Å². The molecular weight excluding hydrogens is 647 g/mol. The molecule has 11 heteroatoms. The Balaban J connectivity index is 1.59. The maximum atomic E-state index is 12.1. The number of benzene rings is 3. The van der Waals surface area contributed by atoms with Crippen molar-refractivity contribution in [3.63, 3.8) is 0 Å². The lowest BCUT2D eigenvalue weighted by Crippen LogP contribution is -2.22. The fourth-order valence-electron chi connectivity index (χ4n) is 6.63. The SMILES string of the molecule is Cc1cc(OCCCC(Cc2cccc3c2c(C=O)nn3C)c2ccc(Cl)c(-c3c(C)nn(C)c3C)c2NCCNC=O)cc(C)c1Cl. The van der Waals surface area contributed by atoms with E-state index in [1.807, 2.05) is 76.8 Å². The Bertz CT molecular complexity index is 1940. The van der Waals surface area contributed by atoms with E-state index < -0.39 is 0 Å². The fraction of sp³-hybridized carbons (Fsp3) is 0.351. The first-order valence-corrected chi connectivity index (χ1v) is 16.8. The summed E-state index contributed by atoms with van der Waals surface area (Å²) in [5.41, 5.74) is 10.0. The van der Waals surface area contributed by atoms with Gasteiger partial charge in [-0.15, -0.1) is 0 Å². The second-order valence-electron chi connectivity index (χ2n) is 12.3. The van der Waals surface area contributed by atoms with E-state index in [0.717, 1.165) is 91.3 Å². The lowest BCUT2D eigenvalue weighted by atomic mass is 9.84. The monoisotopic (exact) mass is 688 g/mol. The molecule has 0 fully saturated rings. The Kier molecular flexibility index (Phi) is 11.1. The number of aldehydes is 1. The third-order valence-electron chi connectivity index (χ3n) is 8.98. The number of aromatic nitrogens is 4. The molecule has 0 saturated heterocycles. The smallest absolute Gasteiger partial charge is 0.207 e. The molecule has 0 saturated carbocycles. The van der Waals surface area contributed by atoms with Crippen LogP contribution in [0.15, 0.2) is 42.5 Å². The third kappa shape index (κ3) is 7.22. The fourth-order valence-corrected chi connectivity index (χ4v) is 7.00. The molecule has 1 amide bonds. The van der Waals surface area contributed by atoms with Crippen LogP contribution >= 0.6 is 23.2 Å². The van der Waals surface area contributed by atoms with Crippen LogP contribution in [0.3, 0.4) is 0 Å². The van der Waals surface area contributed by atoms with Crippen LogP contribution in [0.4, 0.5) is 5.69 Å². The van der Waals surface area contributed by atoms with Crippen LogP contribution < -0.4 is 15.4 Å². The van der Waals surface area contributed by atoms with E-state index in [1.165, 1.54) is 0 Å². The van der Waals surface area contributed by atoms with Gasteiger partial charge in [0.2, 0.25) is 6.41 Å². The number of nitrogens with zero attached hydrogens (tertiary/aromatic N) is 4. The van der Waals surface area contributed by atoms with Crippen molar-refractivity contribution in [3.05, 3.63) is 91.8 Å². The third-order valence-corrected chi connectivity index (χ3v) is 9.90. The maximum absolute atomic E-state index is 12.1. The number of rotatable bonds is 15. The molecule has 0 bridgehead atoms. The van der Waals surface area contributed by atoms with Gasteiger partial charge in [0, 0.05) is 60.1 Å². The minimum absolute atomic E-state index is 0.00225. The van der Waals surface area contributed by atoms with Crippen molar-refractivity contribution in [3.8, 4) is 16.9 Å². The summed E-state index contributed by atoms with van der Waals surface area (Å²) in [6.07, 6.45) is 3.72. The second-order valence-corrected chi connectivity index (χ2v) is 13.0. The lowest BCUT2D eigenvalue weighted by molar-refractivity contribution is -0.109. The van der Waals surface area contributed by atoms with Gasteiger partial charge in [0.05, 0.1) is 22.8 Å². The highest BCUT2D eigenvalue weighted by molar-refractivity contribution is 6.34. The molecule has 252 valence electrons. The van der Waals surface area contributed by atoms with Gasteiger partial charge in [-0.1, -0.05) is 41.4 Å². The van der Waals surface area contributed by atoms with Crippen molar-refractivity contribution in [2.45, 2.75) is 52.9 Å².